The normalized spacial score (nSPS) is 13.9. The summed E-state index contributed by atoms with van der Waals surface area (Å²) < 4.78 is 5.43. The van der Waals surface area contributed by atoms with Crippen LogP contribution in [0.4, 0.5) is 10.5 Å². The van der Waals surface area contributed by atoms with Crippen LogP contribution in [0.3, 0.4) is 0 Å². The zero-order valence-electron chi connectivity index (χ0n) is 19.5. The van der Waals surface area contributed by atoms with E-state index >= 15 is 0 Å². The molecule has 3 amide bonds. The molecule has 33 heavy (non-hydrogen) atoms. The second kappa shape index (κ2) is 10.8. The molecule has 8 heteroatoms. The van der Waals surface area contributed by atoms with E-state index in [2.05, 4.69) is 15.8 Å². The number of aryl methyl sites for hydroxylation is 1. The summed E-state index contributed by atoms with van der Waals surface area (Å²) in [4.78, 5) is 40.4. The number of amides is 3. The number of benzene rings is 2. The van der Waals surface area contributed by atoms with Crippen LogP contribution in [-0.4, -0.2) is 54.6 Å². The number of rotatable bonds is 5. The monoisotopic (exact) mass is 452 g/mol. The number of nitrogens with one attached hydrogen (secondary N) is 2. The lowest BCUT2D eigenvalue weighted by Crippen LogP contribution is -2.50. The van der Waals surface area contributed by atoms with E-state index in [0.29, 0.717) is 44.6 Å². The number of anilines is 1. The number of hydrogen-bond donors (Lipinski definition) is 2. The van der Waals surface area contributed by atoms with Gasteiger partial charge in [-0.05, 0) is 57.0 Å². The first-order valence-corrected chi connectivity index (χ1v) is 11.2. The molecule has 1 heterocycles. The van der Waals surface area contributed by atoms with E-state index < -0.39 is 5.60 Å². The molecular weight excluding hydrogens is 420 g/mol. The Balaban J connectivity index is 1.43. The zero-order valence-corrected chi connectivity index (χ0v) is 19.5. The molecule has 0 bridgehead atoms. The zero-order chi connectivity index (χ0) is 23.8. The van der Waals surface area contributed by atoms with Gasteiger partial charge in [-0.2, -0.15) is 0 Å². The molecule has 0 unspecified atom stereocenters. The summed E-state index contributed by atoms with van der Waals surface area (Å²) in [6, 6.07) is 16.9. The minimum Gasteiger partial charge on any atom is -0.444 e. The lowest BCUT2D eigenvalue weighted by atomic mass is 10.1. The van der Waals surface area contributed by atoms with Gasteiger partial charge in [0.2, 0.25) is 5.91 Å². The molecule has 1 aliphatic heterocycles. The van der Waals surface area contributed by atoms with Gasteiger partial charge in [-0.25, -0.2) is 4.79 Å². The first kappa shape index (κ1) is 24.1. The Morgan fingerprint density at radius 3 is 2.12 bits per heavy atom. The molecule has 0 saturated carbocycles. The lowest BCUT2D eigenvalue weighted by molar-refractivity contribution is -0.121. The maximum atomic E-state index is 12.3. The van der Waals surface area contributed by atoms with Crippen molar-refractivity contribution in [3.05, 3.63) is 65.7 Å². The van der Waals surface area contributed by atoms with E-state index in [1.165, 1.54) is 0 Å². The number of hydrogen-bond acceptors (Lipinski definition) is 5. The molecule has 1 saturated heterocycles. The van der Waals surface area contributed by atoms with Crippen LogP contribution in [0.15, 0.2) is 54.6 Å². The fourth-order valence-corrected chi connectivity index (χ4v) is 3.46. The average molecular weight is 453 g/mol. The summed E-state index contributed by atoms with van der Waals surface area (Å²) >= 11 is 0. The van der Waals surface area contributed by atoms with Gasteiger partial charge < -0.3 is 14.5 Å². The van der Waals surface area contributed by atoms with Crippen molar-refractivity contribution in [2.24, 2.45) is 0 Å². The van der Waals surface area contributed by atoms with Crippen molar-refractivity contribution < 1.29 is 19.1 Å². The number of carbonyl (C=O) groups excluding carboxylic acids is 3. The minimum atomic E-state index is -0.508. The van der Waals surface area contributed by atoms with Crippen LogP contribution < -0.4 is 15.8 Å². The number of piperazine rings is 1. The Morgan fingerprint density at radius 2 is 1.52 bits per heavy atom. The summed E-state index contributed by atoms with van der Waals surface area (Å²) in [5.74, 6) is -0.615. The van der Waals surface area contributed by atoms with Gasteiger partial charge in [0.05, 0.1) is 0 Å². The van der Waals surface area contributed by atoms with Gasteiger partial charge in [0.25, 0.3) is 5.91 Å². The number of carbonyl (C=O) groups is 3. The van der Waals surface area contributed by atoms with E-state index in [9.17, 15) is 14.4 Å². The van der Waals surface area contributed by atoms with Crippen LogP contribution in [0, 0.1) is 0 Å². The smallest absolute Gasteiger partial charge is 0.410 e. The second-order valence-electron chi connectivity index (χ2n) is 8.99. The van der Waals surface area contributed by atoms with E-state index in [1.807, 2.05) is 63.2 Å². The predicted molar refractivity (Wildman–Crippen MR) is 127 cm³/mol. The molecule has 0 radical (unpaired) electrons. The quantitative estimate of drug-likeness (QED) is 0.680. The molecule has 2 aromatic carbocycles. The van der Waals surface area contributed by atoms with Crippen molar-refractivity contribution in [1.29, 1.82) is 0 Å². The molecule has 2 N–H and O–H groups in total. The topological polar surface area (TPSA) is 91.0 Å². The molecule has 3 rings (SSSR count). The predicted octanol–water partition coefficient (Wildman–Crippen LogP) is 3.14. The van der Waals surface area contributed by atoms with Crippen LogP contribution in [-0.2, 0) is 16.0 Å². The standard InChI is InChI=1S/C25H32N4O4/c1-25(2,3)33-24(32)29-17-15-28(16-18-29)21-12-10-20(11-13-21)23(31)27-26-22(30)14-9-19-7-5-4-6-8-19/h4-8,10-13H,9,14-18H2,1-3H3,(H,26,30)(H,27,31). The van der Waals surface area contributed by atoms with Crippen LogP contribution in [0.1, 0.15) is 43.1 Å². The lowest BCUT2D eigenvalue weighted by Gasteiger charge is -2.36. The summed E-state index contributed by atoms with van der Waals surface area (Å²) in [6.45, 7) is 8.09. The van der Waals surface area contributed by atoms with Crippen molar-refractivity contribution in [2.75, 3.05) is 31.1 Å². The van der Waals surface area contributed by atoms with Crippen molar-refractivity contribution in [1.82, 2.24) is 15.8 Å². The minimum absolute atomic E-state index is 0.244. The summed E-state index contributed by atoms with van der Waals surface area (Å²) in [7, 11) is 0. The average Bonchev–Trinajstić information content (AvgIpc) is 2.81. The van der Waals surface area contributed by atoms with Gasteiger partial charge in [-0.3, -0.25) is 20.4 Å². The third-order valence-corrected chi connectivity index (χ3v) is 5.23. The van der Waals surface area contributed by atoms with Crippen molar-refractivity contribution in [3.8, 4) is 0 Å². The van der Waals surface area contributed by atoms with Crippen LogP contribution >= 0.6 is 0 Å². The molecule has 0 aliphatic carbocycles. The van der Waals surface area contributed by atoms with Crippen molar-refractivity contribution >= 4 is 23.6 Å². The maximum absolute atomic E-state index is 12.3. The van der Waals surface area contributed by atoms with Gasteiger partial charge >= 0.3 is 6.09 Å². The fraction of sp³-hybridized carbons (Fsp3) is 0.400. The Bertz CT molecular complexity index is 947. The van der Waals surface area contributed by atoms with E-state index in [-0.39, 0.29) is 17.9 Å². The Morgan fingerprint density at radius 1 is 0.879 bits per heavy atom. The van der Waals surface area contributed by atoms with Crippen LogP contribution in [0.25, 0.3) is 0 Å². The second-order valence-corrected chi connectivity index (χ2v) is 8.99. The van der Waals surface area contributed by atoms with Gasteiger partial charge in [-0.1, -0.05) is 30.3 Å². The van der Waals surface area contributed by atoms with Crippen LogP contribution in [0.5, 0.6) is 0 Å². The largest absolute Gasteiger partial charge is 0.444 e. The van der Waals surface area contributed by atoms with Gasteiger partial charge in [0.15, 0.2) is 0 Å². The number of ether oxygens (including phenoxy) is 1. The molecule has 8 nitrogen and oxygen atoms in total. The van der Waals surface area contributed by atoms with Crippen molar-refractivity contribution in [3.63, 3.8) is 0 Å². The van der Waals surface area contributed by atoms with Gasteiger partial charge in [-0.15, -0.1) is 0 Å². The summed E-state index contributed by atoms with van der Waals surface area (Å²) in [5.41, 5.74) is 6.91. The Kier molecular flexibility index (Phi) is 7.92. The van der Waals surface area contributed by atoms with Crippen LogP contribution in [0.2, 0.25) is 0 Å². The Labute approximate surface area is 194 Å². The third kappa shape index (κ3) is 7.52. The van der Waals surface area contributed by atoms with Gasteiger partial charge in [0.1, 0.15) is 5.60 Å². The maximum Gasteiger partial charge on any atom is 0.410 e. The van der Waals surface area contributed by atoms with Crippen molar-refractivity contribution in [2.45, 2.75) is 39.2 Å². The molecule has 1 aliphatic rings. The number of hydrazine groups is 1. The molecule has 0 aromatic heterocycles. The van der Waals surface area contributed by atoms with Gasteiger partial charge in [0, 0.05) is 43.9 Å². The summed E-state index contributed by atoms with van der Waals surface area (Å²) in [5, 5.41) is 0. The summed E-state index contributed by atoms with van der Waals surface area (Å²) in [6.07, 6.45) is 0.608. The number of nitrogens with zero attached hydrogens (tertiary/aromatic N) is 2. The fourth-order valence-electron chi connectivity index (χ4n) is 3.46. The highest BCUT2D eigenvalue weighted by Crippen LogP contribution is 2.19. The van der Waals surface area contributed by atoms with E-state index in [0.717, 1.165) is 11.3 Å². The third-order valence-electron chi connectivity index (χ3n) is 5.23. The van der Waals surface area contributed by atoms with E-state index in [4.69, 9.17) is 4.74 Å². The highest BCUT2D eigenvalue weighted by Gasteiger charge is 2.26. The molecule has 2 aromatic rings. The first-order valence-electron chi connectivity index (χ1n) is 11.2. The Hall–Kier alpha value is -3.55. The highest BCUT2D eigenvalue weighted by atomic mass is 16.6. The van der Waals surface area contributed by atoms with E-state index in [1.54, 1.807) is 17.0 Å². The SMILES string of the molecule is CC(C)(C)OC(=O)N1CCN(c2ccc(C(=O)NNC(=O)CCc3ccccc3)cc2)CC1. The molecule has 0 atom stereocenters. The first-order chi connectivity index (χ1) is 15.7. The highest BCUT2D eigenvalue weighted by molar-refractivity contribution is 5.95. The molecular formula is C25H32N4O4. The molecule has 176 valence electrons. The molecule has 1 fully saturated rings. The molecule has 0 spiro atoms.